The third kappa shape index (κ3) is 3.29. The van der Waals surface area contributed by atoms with E-state index in [1.165, 1.54) is 19.3 Å². The van der Waals surface area contributed by atoms with Gasteiger partial charge in [-0.25, -0.2) is 4.68 Å². The molecule has 4 heterocycles. The Morgan fingerprint density at radius 1 is 1.17 bits per heavy atom. The molecule has 2 fully saturated rings. The molecule has 29 heavy (non-hydrogen) atoms. The number of benzene rings is 1. The van der Waals surface area contributed by atoms with E-state index in [1.807, 2.05) is 37.3 Å². The minimum absolute atomic E-state index is 0.104. The van der Waals surface area contributed by atoms with E-state index >= 15 is 0 Å². The molecular weight excluding hydrogens is 364 g/mol. The van der Waals surface area contributed by atoms with E-state index in [4.69, 9.17) is 0 Å². The number of rotatable bonds is 3. The van der Waals surface area contributed by atoms with Crippen molar-refractivity contribution in [2.75, 3.05) is 7.05 Å². The highest BCUT2D eigenvalue weighted by Crippen LogP contribution is 2.32. The Morgan fingerprint density at radius 2 is 1.93 bits per heavy atom. The van der Waals surface area contributed by atoms with Gasteiger partial charge in [-0.1, -0.05) is 30.7 Å². The van der Waals surface area contributed by atoms with Crippen LogP contribution >= 0.6 is 0 Å². The fraction of sp³-hybridized carbons (Fsp3) is 0.455. The Morgan fingerprint density at radius 3 is 2.72 bits per heavy atom. The molecule has 1 amide bonds. The lowest BCUT2D eigenvalue weighted by Crippen LogP contribution is -2.55. The molecule has 1 aromatic carbocycles. The molecule has 2 aliphatic heterocycles. The molecule has 7 nitrogen and oxygen atoms in total. The van der Waals surface area contributed by atoms with E-state index in [0.717, 1.165) is 29.3 Å². The summed E-state index contributed by atoms with van der Waals surface area (Å²) in [5.74, 6) is 0.543. The summed E-state index contributed by atoms with van der Waals surface area (Å²) in [5, 5.41) is 18.2. The van der Waals surface area contributed by atoms with Gasteiger partial charge in [0.1, 0.15) is 0 Å². The summed E-state index contributed by atoms with van der Waals surface area (Å²) in [6.45, 7) is 1.94. The van der Waals surface area contributed by atoms with Gasteiger partial charge in [-0.15, -0.1) is 5.10 Å². The fourth-order valence-electron chi connectivity index (χ4n) is 4.96. The lowest BCUT2D eigenvalue weighted by atomic mass is 9.82. The topological polar surface area (TPSA) is 75.9 Å². The zero-order valence-electron chi connectivity index (χ0n) is 16.9. The van der Waals surface area contributed by atoms with Crippen LogP contribution in [0.25, 0.3) is 16.6 Å². The highest BCUT2D eigenvalue weighted by atomic mass is 16.2. The lowest BCUT2D eigenvalue weighted by molar-refractivity contribution is 0.0462. The Hall–Kier alpha value is -2.80. The Balaban J connectivity index is 1.38. The number of nitrogens with zero attached hydrogens (tertiary/aromatic N) is 5. The molecule has 0 spiro atoms. The van der Waals surface area contributed by atoms with Crippen molar-refractivity contribution < 1.29 is 4.79 Å². The van der Waals surface area contributed by atoms with Crippen molar-refractivity contribution in [3.05, 3.63) is 47.9 Å². The third-order valence-corrected chi connectivity index (χ3v) is 6.55. The van der Waals surface area contributed by atoms with Crippen LogP contribution in [0.3, 0.4) is 0 Å². The van der Waals surface area contributed by atoms with Crippen LogP contribution in [0, 0.1) is 6.92 Å². The largest absolute Gasteiger partial charge is 0.348 e. The second kappa shape index (κ2) is 7.22. The third-order valence-electron chi connectivity index (χ3n) is 6.55. The van der Waals surface area contributed by atoms with Crippen LogP contribution in [-0.4, -0.2) is 56.0 Å². The number of piperidine rings is 2. The van der Waals surface area contributed by atoms with E-state index in [1.54, 1.807) is 10.9 Å². The second-order valence-corrected chi connectivity index (χ2v) is 8.38. The van der Waals surface area contributed by atoms with Crippen molar-refractivity contribution in [2.24, 2.45) is 0 Å². The molecule has 0 aliphatic carbocycles. The van der Waals surface area contributed by atoms with E-state index in [-0.39, 0.29) is 11.9 Å². The number of hydrogen-bond acceptors (Lipinski definition) is 5. The summed E-state index contributed by atoms with van der Waals surface area (Å²) in [4.78, 5) is 15.4. The fourth-order valence-corrected chi connectivity index (χ4v) is 4.96. The van der Waals surface area contributed by atoms with Crippen LogP contribution in [-0.2, 0) is 0 Å². The minimum atomic E-state index is -0.104. The van der Waals surface area contributed by atoms with Crippen LogP contribution in [0.4, 0.5) is 0 Å². The number of aromatic nitrogens is 4. The van der Waals surface area contributed by atoms with Crippen LogP contribution in [0.5, 0.6) is 0 Å². The van der Waals surface area contributed by atoms with Crippen LogP contribution in [0.1, 0.15) is 48.3 Å². The number of nitrogens with one attached hydrogen (secondary N) is 1. The summed E-state index contributed by atoms with van der Waals surface area (Å²) < 4.78 is 1.72. The van der Waals surface area contributed by atoms with Crippen LogP contribution in [0.15, 0.2) is 36.5 Å². The SMILES string of the molecule is Cc1cc(C(=O)NC2CC3CCC[C@H](C2)N3C)nn1-c1nncc2ccccc12. The zero-order valence-corrected chi connectivity index (χ0v) is 16.9. The summed E-state index contributed by atoms with van der Waals surface area (Å²) in [6.07, 6.45) is 7.54. The first-order valence-corrected chi connectivity index (χ1v) is 10.4. The lowest BCUT2D eigenvalue weighted by Gasteiger charge is -2.47. The number of fused-ring (bicyclic) bond motifs is 3. The van der Waals surface area contributed by atoms with Gasteiger partial charge in [0.25, 0.3) is 5.91 Å². The molecule has 2 aromatic heterocycles. The summed E-state index contributed by atoms with van der Waals surface area (Å²) in [6, 6.07) is 11.1. The first-order valence-electron chi connectivity index (χ1n) is 10.4. The maximum Gasteiger partial charge on any atom is 0.272 e. The quantitative estimate of drug-likeness (QED) is 0.744. The van der Waals surface area contributed by atoms with Crippen molar-refractivity contribution in [3.8, 4) is 5.82 Å². The van der Waals surface area contributed by atoms with Crippen LogP contribution < -0.4 is 5.32 Å². The number of carbonyl (C=O) groups is 1. The Kier molecular flexibility index (Phi) is 4.54. The average Bonchev–Trinajstić information content (AvgIpc) is 3.10. The minimum Gasteiger partial charge on any atom is -0.348 e. The van der Waals surface area contributed by atoms with Gasteiger partial charge in [-0.2, -0.15) is 10.2 Å². The molecule has 2 unspecified atom stereocenters. The monoisotopic (exact) mass is 390 g/mol. The Bertz CT molecular complexity index is 1040. The van der Waals surface area contributed by atoms with Gasteiger partial charge >= 0.3 is 0 Å². The first kappa shape index (κ1) is 18.2. The van der Waals surface area contributed by atoms with Crippen molar-refractivity contribution in [2.45, 2.75) is 57.2 Å². The van der Waals surface area contributed by atoms with Gasteiger partial charge in [0.2, 0.25) is 0 Å². The highest BCUT2D eigenvalue weighted by Gasteiger charge is 2.36. The summed E-state index contributed by atoms with van der Waals surface area (Å²) in [5.41, 5.74) is 1.29. The summed E-state index contributed by atoms with van der Waals surface area (Å²) >= 11 is 0. The second-order valence-electron chi connectivity index (χ2n) is 8.38. The Labute approximate surface area is 170 Å². The molecule has 1 N–H and O–H groups in total. The van der Waals surface area contributed by atoms with Crippen molar-refractivity contribution in [1.82, 2.24) is 30.2 Å². The van der Waals surface area contributed by atoms with Gasteiger partial charge in [-0.05, 0) is 45.7 Å². The normalized spacial score (nSPS) is 24.6. The molecular formula is C22H26N6O. The van der Waals surface area contributed by atoms with E-state index in [0.29, 0.717) is 23.6 Å². The molecule has 3 atom stereocenters. The molecule has 0 saturated carbocycles. The average molecular weight is 390 g/mol. The van der Waals surface area contributed by atoms with Gasteiger partial charge in [0, 0.05) is 34.6 Å². The van der Waals surface area contributed by atoms with Crippen LogP contribution in [0.2, 0.25) is 0 Å². The van der Waals surface area contributed by atoms with E-state index < -0.39 is 0 Å². The molecule has 2 saturated heterocycles. The molecule has 150 valence electrons. The summed E-state index contributed by atoms with van der Waals surface area (Å²) in [7, 11) is 2.22. The number of hydrogen-bond donors (Lipinski definition) is 1. The maximum atomic E-state index is 12.9. The van der Waals surface area contributed by atoms with Crippen molar-refractivity contribution >= 4 is 16.7 Å². The number of amides is 1. The smallest absolute Gasteiger partial charge is 0.272 e. The highest BCUT2D eigenvalue weighted by molar-refractivity contribution is 5.93. The van der Waals surface area contributed by atoms with Crippen molar-refractivity contribution in [3.63, 3.8) is 0 Å². The molecule has 0 radical (unpaired) electrons. The molecule has 2 aliphatic rings. The molecule has 5 rings (SSSR count). The van der Waals surface area contributed by atoms with Gasteiger partial charge in [0.15, 0.2) is 11.5 Å². The first-order chi connectivity index (χ1) is 14.1. The molecule has 2 bridgehead atoms. The standard InChI is InChI=1S/C22H26N6O/c1-14-10-20(22(29)24-16-11-17-7-5-8-18(12-16)27(17)2)26-28(14)21-19-9-4-3-6-15(19)13-23-25-21/h3-4,6,9-10,13,16-18H,5,7-8,11-12H2,1-2H3,(H,24,29)/t16?,17-,18?/m1/s1. The molecule has 7 heteroatoms. The van der Waals surface area contributed by atoms with E-state index in [9.17, 15) is 4.79 Å². The van der Waals surface area contributed by atoms with Gasteiger partial charge in [-0.3, -0.25) is 4.79 Å². The zero-order chi connectivity index (χ0) is 20.0. The van der Waals surface area contributed by atoms with Gasteiger partial charge < -0.3 is 10.2 Å². The number of carbonyl (C=O) groups excluding carboxylic acids is 1. The van der Waals surface area contributed by atoms with Gasteiger partial charge in [0.05, 0.1) is 6.20 Å². The van der Waals surface area contributed by atoms with E-state index in [2.05, 4.69) is 32.6 Å². The predicted molar refractivity (Wildman–Crippen MR) is 111 cm³/mol. The molecule has 3 aromatic rings. The predicted octanol–water partition coefficient (Wildman–Crippen LogP) is 2.87. The van der Waals surface area contributed by atoms with Crippen molar-refractivity contribution in [1.29, 1.82) is 0 Å². The maximum absolute atomic E-state index is 12.9. The number of aryl methyl sites for hydroxylation is 1.